The fraction of sp³-hybridized carbons (Fsp3) is 0.333. The zero-order chi connectivity index (χ0) is 20.1. The summed E-state index contributed by atoms with van der Waals surface area (Å²) in [4.78, 5) is 30.7. The number of benzene rings is 1. The molecule has 7 nitrogen and oxygen atoms in total. The van der Waals surface area contributed by atoms with Gasteiger partial charge in [0.1, 0.15) is 17.0 Å². The maximum Gasteiger partial charge on any atom is 0.262 e. The van der Waals surface area contributed by atoms with E-state index in [9.17, 15) is 9.59 Å². The molecule has 0 saturated heterocycles. The lowest BCUT2D eigenvalue weighted by Crippen LogP contribution is -2.11. The summed E-state index contributed by atoms with van der Waals surface area (Å²) in [6.07, 6.45) is 3.24. The van der Waals surface area contributed by atoms with Gasteiger partial charge < -0.3 is 9.72 Å². The van der Waals surface area contributed by atoms with Crippen LogP contribution >= 0.6 is 0 Å². The Kier molecular flexibility index (Phi) is 5.90. The monoisotopic (exact) mass is 378 g/mol. The summed E-state index contributed by atoms with van der Waals surface area (Å²) < 4.78 is 7.60. The lowest BCUT2D eigenvalue weighted by molar-refractivity contribution is 0.318. The molecule has 3 rings (SSSR count). The van der Waals surface area contributed by atoms with Crippen LogP contribution in [-0.4, -0.2) is 32.3 Å². The van der Waals surface area contributed by atoms with Crippen LogP contribution in [-0.2, 0) is 11.3 Å². The highest BCUT2D eigenvalue weighted by Crippen LogP contribution is 2.30. The lowest BCUT2D eigenvalue weighted by atomic mass is 10.1. The van der Waals surface area contributed by atoms with E-state index in [-0.39, 0.29) is 5.56 Å². The first kappa shape index (κ1) is 19.4. The predicted octanol–water partition coefficient (Wildman–Crippen LogP) is 3.29. The van der Waals surface area contributed by atoms with Crippen LogP contribution in [0.2, 0.25) is 0 Å². The van der Waals surface area contributed by atoms with Crippen molar-refractivity contribution in [2.45, 2.75) is 40.2 Å². The SMILES string of the molecule is CCCOc1ccc(C=C=C=O)cc1-c1nc2c(c(C)nn2CCC)c(=O)[nH]1. The second-order valence-corrected chi connectivity index (χ2v) is 6.42. The molecule has 0 bridgehead atoms. The highest BCUT2D eigenvalue weighted by atomic mass is 16.5. The number of aromatic amines is 1. The number of hydrogen-bond acceptors (Lipinski definition) is 5. The molecule has 0 radical (unpaired) electrons. The molecule has 28 heavy (non-hydrogen) atoms. The summed E-state index contributed by atoms with van der Waals surface area (Å²) in [5, 5.41) is 4.94. The summed E-state index contributed by atoms with van der Waals surface area (Å²) in [6.45, 7) is 7.08. The lowest BCUT2D eigenvalue weighted by Gasteiger charge is -2.11. The molecule has 0 aliphatic rings. The number of nitrogens with zero attached hydrogens (tertiary/aromatic N) is 3. The van der Waals surface area contributed by atoms with Crippen molar-refractivity contribution in [3.63, 3.8) is 0 Å². The van der Waals surface area contributed by atoms with E-state index < -0.39 is 0 Å². The topological polar surface area (TPSA) is 89.9 Å². The second-order valence-electron chi connectivity index (χ2n) is 6.42. The normalized spacial score (nSPS) is 10.5. The molecule has 3 aromatic rings. The van der Waals surface area contributed by atoms with Gasteiger partial charge in [-0.25, -0.2) is 14.5 Å². The van der Waals surface area contributed by atoms with E-state index in [2.05, 4.69) is 20.8 Å². The van der Waals surface area contributed by atoms with Crippen molar-refractivity contribution in [2.75, 3.05) is 6.61 Å². The van der Waals surface area contributed by atoms with Gasteiger partial charge in [-0.3, -0.25) is 4.79 Å². The molecule has 0 saturated carbocycles. The molecule has 1 N–H and O–H groups in total. The zero-order valence-corrected chi connectivity index (χ0v) is 16.2. The fourth-order valence-corrected chi connectivity index (χ4v) is 3.02. The summed E-state index contributed by atoms with van der Waals surface area (Å²) in [6, 6.07) is 5.40. The molecule has 1 aromatic carbocycles. The largest absolute Gasteiger partial charge is 0.493 e. The third-order valence-corrected chi connectivity index (χ3v) is 4.23. The van der Waals surface area contributed by atoms with E-state index in [1.54, 1.807) is 35.7 Å². The van der Waals surface area contributed by atoms with E-state index in [0.29, 0.717) is 47.0 Å². The standard InChI is InChI=1S/C21H22N4O3/c1-4-10-25-20-18(14(3)24-25)21(27)23-19(22-20)16-13-15(7-6-11-26)8-9-17(16)28-12-5-2/h7-9,13H,4-5,10,12H2,1-3H3,(H,22,23,27). The number of nitrogens with one attached hydrogen (secondary N) is 1. The Labute approximate surface area is 162 Å². The van der Waals surface area contributed by atoms with Gasteiger partial charge in [0.05, 0.1) is 17.9 Å². The van der Waals surface area contributed by atoms with Crippen molar-refractivity contribution < 1.29 is 9.53 Å². The third kappa shape index (κ3) is 3.81. The van der Waals surface area contributed by atoms with Gasteiger partial charge in [-0.1, -0.05) is 19.9 Å². The smallest absolute Gasteiger partial charge is 0.262 e. The van der Waals surface area contributed by atoms with Crippen LogP contribution in [0.4, 0.5) is 0 Å². The maximum atomic E-state index is 12.7. The molecule has 0 atom stereocenters. The van der Waals surface area contributed by atoms with E-state index in [1.165, 1.54) is 6.08 Å². The quantitative estimate of drug-likeness (QED) is 0.503. The Balaban J connectivity index is 2.24. The molecule has 0 unspecified atom stereocenters. The highest BCUT2D eigenvalue weighted by Gasteiger charge is 2.17. The first-order valence-electron chi connectivity index (χ1n) is 9.29. The first-order chi connectivity index (χ1) is 13.6. The number of H-pyrrole nitrogens is 1. The molecule has 0 amide bonds. The number of rotatable bonds is 7. The molecular formula is C21H22N4O3. The Morgan fingerprint density at radius 1 is 1.29 bits per heavy atom. The van der Waals surface area contributed by atoms with Gasteiger partial charge in [0.15, 0.2) is 11.6 Å². The molecule has 0 aliphatic heterocycles. The Morgan fingerprint density at radius 3 is 2.82 bits per heavy atom. The molecule has 0 fully saturated rings. The molecule has 2 heterocycles. The van der Waals surface area contributed by atoms with Crippen molar-refractivity contribution in [1.29, 1.82) is 0 Å². The van der Waals surface area contributed by atoms with Crippen LogP contribution in [0.5, 0.6) is 5.75 Å². The number of ether oxygens (including phenoxy) is 1. The van der Waals surface area contributed by atoms with E-state index in [4.69, 9.17) is 4.74 Å². The minimum atomic E-state index is -0.241. The average Bonchev–Trinajstić information content (AvgIpc) is 3.01. The first-order valence-corrected chi connectivity index (χ1v) is 9.29. The molecule has 7 heteroatoms. The molecule has 144 valence electrons. The van der Waals surface area contributed by atoms with E-state index >= 15 is 0 Å². The Bertz CT molecular complexity index is 1150. The summed E-state index contributed by atoms with van der Waals surface area (Å²) in [5.41, 5.74) is 4.72. The van der Waals surface area contributed by atoms with Gasteiger partial charge in [-0.2, -0.15) is 5.10 Å². The van der Waals surface area contributed by atoms with Gasteiger partial charge in [-0.05, 0) is 49.3 Å². The van der Waals surface area contributed by atoms with Crippen LogP contribution in [0.1, 0.15) is 37.9 Å². The van der Waals surface area contributed by atoms with Crippen molar-refractivity contribution in [2.24, 2.45) is 0 Å². The van der Waals surface area contributed by atoms with Crippen molar-refractivity contribution in [1.82, 2.24) is 19.7 Å². The van der Waals surface area contributed by atoms with Crippen molar-refractivity contribution in [3.8, 4) is 17.1 Å². The average molecular weight is 378 g/mol. The summed E-state index contributed by atoms with van der Waals surface area (Å²) >= 11 is 0. The Morgan fingerprint density at radius 2 is 2.11 bits per heavy atom. The summed E-state index contributed by atoms with van der Waals surface area (Å²) in [7, 11) is 0. The molecule has 0 aliphatic carbocycles. The number of fused-ring (bicyclic) bond motifs is 1. The van der Waals surface area contributed by atoms with Crippen molar-refractivity contribution in [3.05, 3.63) is 45.5 Å². The number of hydrogen-bond donors (Lipinski definition) is 1. The molecular weight excluding hydrogens is 356 g/mol. The zero-order valence-electron chi connectivity index (χ0n) is 16.2. The minimum absolute atomic E-state index is 0.241. The Hall–Kier alpha value is -3.40. The second kappa shape index (κ2) is 8.53. The van der Waals surface area contributed by atoms with Crippen LogP contribution in [0, 0.1) is 6.92 Å². The van der Waals surface area contributed by atoms with Gasteiger partial charge >= 0.3 is 0 Å². The van der Waals surface area contributed by atoms with Crippen LogP contribution in [0.3, 0.4) is 0 Å². The maximum absolute atomic E-state index is 12.7. The van der Waals surface area contributed by atoms with Gasteiger partial charge in [-0.15, -0.1) is 0 Å². The summed E-state index contributed by atoms with van der Waals surface area (Å²) in [5.74, 6) is 2.61. The van der Waals surface area contributed by atoms with Crippen LogP contribution in [0.25, 0.3) is 28.5 Å². The van der Waals surface area contributed by atoms with Crippen LogP contribution in [0.15, 0.2) is 28.7 Å². The number of carbonyl (C=O) groups excluding carboxylic acids is 1. The number of aryl methyl sites for hydroxylation is 2. The fourth-order valence-electron chi connectivity index (χ4n) is 3.02. The van der Waals surface area contributed by atoms with Gasteiger partial charge in [0.2, 0.25) is 0 Å². The van der Waals surface area contributed by atoms with E-state index in [1.807, 2.05) is 13.8 Å². The third-order valence-electron chi connectivity index (χ3n) is 4.23. The predicted molar refractivity (Wildman–Crippen MR) is 108 cm³/mol. The molecule has 0 spiro atoms. The number of aromatic nitrogens is 4. The minimum Gasteiger partial charge on any atom is -0.493 e. The van der Waals surface area contributed by atoms with Gasteiger partial charge in [0.25, 0.3) is 5.56 Å². The van der Waals surface area contributed by atoms with E-state index in [0.717, 1.165) is 18.4 Å². The van der Waals surface area contributed by atoms with Crippen molar-refractivity contribution >= 4 is 23.1 Å². The van der Waals surface area contributed by atoms with Crippen LogP contribution < -0.4 is 10.3 Å². The van der Waals surface area contributed by atoms with Gasteiger partial charge in [0, 0.05) is 6.54 Å². The molecule has 2 aromatic heterocycles. The highest BCUT2D eigenvalue weighted by molar-refractivity contribution is 5.80.